The summed E-state index contributed by atoms with van der Waals surface area (Å²) < 4.78 is 5.67. The van der Waals surface area contributed by atoms with Gasteiger partial charge in [0.2, 0.25) is 0 Å². The predicted octanol–water partition coefficient (Wildman–Crippen LogP) is 2.07. The fourth-order valence-corrected chi connectivity index (χ4v) is 2.67. The minimum Gasteiger partial charge on any atom is -0.374 e. The van der Waals surface area contributed by atoms with Crippen molar-refractivity contribution in [2.24, 2.45) is 5.92 Å². The van der Waals surface area contributed by atoms with Gasteiger partial charge in [-0.05, 0) is 12.0 Å². The number of hydrogen-bond acceptors (Lipinski definition) is 5. The Morgan fingerprint density at radius 1 is 1.50 bits per heavy atom. The van der Waals surface area contributed by atoms with Crippen LogP contribution < -0.4 is 10.6 Å². The molecule has 0 saturated carbocycles. The quantitative estimate of drug-likeness (QED) is 0.612. The topological polar surface area (TPSA) is 96.7 Å². The fraction of sp³-hybridized carbons (Fsp3) is 0.562. The number of carbonyl (C=O) groups is 1. The van der Waals surface area contributed by atoms with Gasteiger partial charge in [-0.2, -0.15) is 0 Å². The number of nitrogens with zero attached hydrogens (tertiary/aromatic N) is 2. The molecule has 24 heavy (non-hydrogen) atoms. The SMILES string of the molecule is CC(C)CN1CCOC(CNC(=O)Nc2cccc([N+](=O)[O-])c2)C1. The first-order chi connectivity index (χ1) is 11.4. The highest BCUT2D eigenvalue weighted by molar-refractivity contribution is 5.89. The molecule has 8 nitrogen and oxygen atoms in total. The second-order valence-corrected chi connectivity index (χ2v) is 6.29. The zero-order valence-electron chi connectivity index (χ0n) is 14.0. The molecule has 0 aliphatic carbocycles. The average Bonchev–Trinajstić information content (AvgIpc) is 2.53. The van der Waals surface area contributed by atoms with Crippen molar-refractivity contribution < 1.29 is 14.5 Å². The third-order valence-corrected chi connectivity index (χ3v) is 3.65. The Hall–Kier alpha value is -2.19. The number of rotatable bonds is 6. The van der Waals surface area contributed by atoms with Gasteiger partial charge < -0.3 is 15.4 Å². The van der Waals surface area contributed by atoms with Crippen LogP contribution >= 0.6 is 0 Å². The molecule has 0 bridgehead atoms. The molecule has 1 saturated heterocycles. The lowest BCUT2D eigenvalue weighted by atomic mass is 10.2. The number of urea groups is 1. The fourth-order valence-electron chi connectivity index (χ4n) is 2.67. The Kier molecular flexibility index (Phi) is 6.51. The molecule has 1 heterocycles. The summed E-state index contributed by atoms with van der Waals surface area (Å²) in [6, 6.07) is 5.43. The van der Waals surface area contributed by atoms with E-state index < -0.39 is 11.0 Å². The lowest BCUT2D eigenvalue weighted by molar-refractivity contribution is -0.384. The van der Waals surface area contributed by atoms with Gasteiger partial charge in [-0.1, -0.05) is 19.9 Å². The minimum atomic E-state index is -0.498. The third-order valence-electron chi connectivity index (χ3n) is 3.65. The molecule has 2 rings (SSSR count). The molecule has 0 radical (unpaired) electrons. The summed E-state index contributed by atoms with van der Waals surface area (Å²) in [6.45, 7) is 8.12. The van der Waals surface area contributed by atoms with Crippen LogP contribution in [0.4, 0.5) is 16.2 Å². The molecule has 1 aromatic rings. The number of non-ortho nitro benzene ring substituents is 1. The van der Waals surface area contributed by atoms with Gasteiger partial charge in [-0.15, -0.1) is 0 Å². The number of amides is 2. The van der Waals surface area contributed by atoms with Crippen LogP contribution in [0.15, 0.2) is 24.3 Å². The number of morpholine rings is 1. The van der Waals surface area contributed by atoms with Crippen molar-refractivity contribution in [3.63, 3.8) is 0 Å². The van der Waals surface area contributed by atoms with E-state index in [4.69, 9.17) is 4.74 Å². The van der Waals surface area contributed by atoms with E-state index in [2.05, 4.69) is 29.4 Å². The van der Waals surface area contributed by atoms with Gasteiger partial charge in [0.15, 0.2) is 0 Å². The lowest BCUT2D eigenvalue weighted by Crippen LogP contribution is -2.48. The molecular formula is C16H24N4O4. The summed E-state index contributed by atoms with van der Waals surface area (Å²) in [5.41, 5.74) is 0.320. The monoisotopic (exact) mass is 336 g/mol. The first-order valence-corrected chi connectivity index (χ1v) is 8.07. The Labute approximate surface area is 141 Å². The molecule has 1 atom stereocenters. The van der Waals surface area contributed by atoms with Gasteiger partial charge in [0.1, 0.15) is 0 Å². The van der Waals surface area contributed by atoms with E-state index in [9.17, 15) is 14.9 Å². The highest BCUT2D eigenvalue weighted by Crippen LogP contribution is 2.16. The van der Waals surface area contributed by atoms with Gasteiger partial charge in [-0.3, -0.25) is 15.0 Å². The third kappa shape index (κ3) is 5.78. The normalized spacial score (nSPS) is 18.4. The lowest BCUT2D eigenvalue weighted by Gasteiger charge is -2.33. The number of carbonyl (C=O) groups excluding carboxylic acids is 1. The van der Waals surface area contributed by atoms with E-state index in [-0.39, 0.29) is 11.8 Å². The molecule has 0 spiro atoms. The molecule has 1 fully saturated rings. The van der Waals surface area contributed by atoms with Crippen LogP contribution in [0.3, 0.4) is 0 Å². The highest BCUT2D eigenvalue weighted by atomic mass is 16.6. The average molecular weight is 336 g/mol. The Morgan fingerprint density at radius 2 is 2.29 bits per heavy atom. The van der Waals surface area contributed by atoms with Crippen molar-refractivity contribution in [1.29, 1.82) is 0 Å². The van der Waals surface area contributed by atoms with Crippen LogP contribution in [0.2, 0.25) is 0 Å². The Bertz CT molecular complexity index is 579. The maximum atomic E-state index is 11.9. The van der Waals surface area contributed by atoms with E-state index in [1.807, 2.05) is 0 Å². The summed E-state index contributed by atoms with van der Waals surface area (Å²) in [5.74, 6) is 0.592. The van der Waals surface area contributed by atoms with Crippen LogP contribution in [0.5, 0.6) is 0 Å². The summed E-state index contributed by atoms with van der Waals surface area (Å²) in [7, 11) is 0. The number of nitro groups is 1. The zero-order chi connectivity index (χ0) is 17.5. The van der Waals surface area contributed by atoms with Crippen molar-refractivity contribution in [3.8, 4) is 0 Å². The molecule has 132 valence electrons. The molecule has 1 aliphatic rings. The number of ether oxygens (including phenoxy) is 1. The van der Waals surface area contributed by atoms with E-state index >= 15 is 0 Å². The zero-order valence-corrected chi connectivity index (χ0v) is 14.0. The molecule has 1 unspecified atom stereocenters. The van der Waals surface area contributed by atoms with Crippen molar-refractivity contribution in [3.05, 3.63) is 34.4 Å². The second kappa shape index (κ2) is 8.60. The standard InChI is InChI=1S/C16H24N4O4/c1-12(2)10-19-6-7-24-15(11-19)9-17-16(21)18-13-4-3-5-14(8-13)20(22)23/h3-5,8,12,15H,6-7,9-11H2,1-2H3,(H2,17,18,21). The minimum absolute atomic E-state index is 0.0478. The van der Waals surface area contributed by atoms with Crippen molar-refractivity contribution in [2.45, 2.75) is 20.0 Å². The van der Waals surface area contributed by atoms with Crippen LogP contribution in [0, 0.1) is 16.0 Å². The molecule has 1 aliphatic heterocycles. The second-order valence-electron chi connectivity index (χ2n) is 6.29. The van der Waals surface area contributed by atoms with Crippen LogP contribution in [0.25, 0.3) is 0 Å². The van der Waals surface area contributed by atoms with Gasteiger partial charge >= 0.3 is 6.03 Å². The van der Waals surface area contributed by atoms with Gasteiger partial charge in [0.25, 0.3) is 5.69 Å². The van der Waals surface area contributed by atoms with Gasteiger partial charge in [0.05, 0.1) is 17.6 Å². The maximum absolute atomic E-state index is 11.9. The molecule has 8 heteroatoms. The molecule has 1 aromatic carbocycles. The summed E-state index contributed by atoms with van der Waals surface area (Å²) >= 11 is 0. The number of benzene rings is 1. The largest absolute Gasteiger partial charge is 0.374 e. The first kappa shape index (κ1) is 18.2. The van der Waals surface area contributed by atoms with Crippen LogP contribution in [-0.4, -0.2) is 54.7 Å². The molecular weight excluding hydrogens is 312 g/mol. The smallest absolute Gasteiger partial charge is 0.319 e. The van der Waals surface area contributed by atoms with Crippen LogP contribution in [0.1, 0.15) is 13.8 Å². The molecule has 2 N–H and O–H groups in total. The van der Waals surface area contributed by atoms with E-state index in [0.29, 0.717) is 24.8 Å². The molecule has 2 amide bonds. The summed E-state index contributed by atoms with van der Waals surface area (Å²) in [5, 5.41) is 16.1. The number of hydrogen-bond donors (Lipinski definition) is 2. The highest BCUT2D eigenvalue weighted by Gasteiger charge is 2.21. The van der Waals surface area contributed by atoms with E-state index in [0.717, 1.165) is 19.6 Å². The number of nitro benzene ring substituents is 1. The van der Waals surface area contributed by atoms with Crippen molar-refractivity contribution in [2.75, 3.05) is 38.1 Å². The van der Waals surface area contributed by atoms with E-state index in [1.54, 1.807) is 6.07 Å². The number of nitrogens with one attached hydrogen (secondary N) is 2. The van der Waals surface area contributed by atoms with Crippen LogP contribution in [-0.2, 0) is 4.74 Å². The van der Waals surface area contributed by atoms with Crippen molar-refractivity contribution >= 4 is 17.4 Å². The first-order valence-electron chi connectivity index (χ1n) is 8.07. The molecule has 0 aromatic heterocycles. The van der Waals surface area contributed by atoms with Gasteiger partial charge in [-0.25, -0.2) is 4.79 Å². The summed E-state index contributed by atoms with van der Waals surface area (Å²) in [6.07, 6.45) is -0.0478. The Balaban J connectivity index is 1.78. The van der Waals surface area contributed by atoms with E-state index in [1.165, 1.54) is 18.2 Å². The Morgan fingerprint density at radius 3 is 3.00 bits per heavy atom. The number of anilines is 1. The maximum Gasteiger partial charge on any atom is 0.319 e. The summed E-state index contributed by atoms with van der Waals surface area (Å²) in [4.78, 5) is 24.5. The predicted molar refractivity (Wildman–Crippen MR) is 91.1 cm³/mol. The van der Waals surface area contributed by atoms with Gasteiger partial charge in [0, 0.05) is 44.0 Å². The van der Waals surface area contributed by atoms with Crippen molar-refractivity contribution in [1.82, 2.24) is 10.2 Å².